The van der Waals surface area contributed by atoms with Crippen LogP contribution in [-0.2, 0) is 6.54 Å². The van der Waals surface area contributed by atoms with Crippen LogP contribution in [0.1, 0.15) is 15.9 Å². The van der Waals surface area contributed by atoms with Crippen LogP contribution in [0.15, 0.2) is 42.5 Å². The van der Waals surface area contributed by atoms with Crippen LogP contribution in [0.4, 0.5) is 0 Å². The molecule has 4 nitrogen and oxygen atoms in total. The third-order valence-corrected chi connectivity index (χ3v) is 3.72. The largest absolute Gasteiger partial charge is 0.497 e. The molecule has 0 spiro atoms. The predicted molar refractivity (Wildman–Crippen MR) is 86.8 cm³/mol. The van der Waals surface area contributed by atoms with Crippen molar-refractivity contribution in [1.82, 2.24) is 4.90 Å². The Morgan fingerprint density at radius 2 is 1.86 bits per heavy atom. The average Bonchev–Trinajstić information content (AvgIpc) is 2.55. The van der Waals surface area contributed by atoms with Gasteiger partial charge in [0.15, 0.2) is 0 Å². The van der Waals surface area contributed by atoms with E-state index in [1.54, 1.807) is 37.3 Å². The van der Waals surface area contributed by atoms with Gasteiger partial charge in [-0.3, -0.25) is 4.79 Å². The molecule has 0 aliphatic carbocycles. The normalized spacial score (nSPS) is 10.2. The van der Waals surface area contributed by atoms with Crippen molar-refractivity contribution in [3.63, 3.8) is 0 Å². The van der Waals surface area contributed by atoms with E-state index in [0.29, 0.717) is 28.6 Å². The van der Waals surface area contributed by atoms with Gasteiger partial charge in [-0.25, -0.2) is 0 Å². The number of rotatable bonds is 5. The number of ether oxygens (including phenoxy) is 2. The fourth-order valence-electron chi connectivity index (χ4n) is 2.13. The lowest BCUT2D eigenvalue weighted by Gasteiger charge is -2.19. The molecule has 0 N–H and O–H groups in total. The zero-order chi connectivity index (χ0) is 16.1. The topological polar surface area (TPSA) is 38.8 Å². The van der Waals surface area contributed by atoms with Crippen molar-refractivity contribution < 1.29 is 14.3 Å². The summed E-state index contributed by atoms with van der Waals surface area (Å²) in [6, 6.07) is 12.6. The van der Waals surface area contributed by atoms with Crippen LogP contribution in [-0.4, -0.2) is 32.1 Å². The molecule has 0 aliphatic heterocycles. The number of benzene rings is 2. The van der Waals surface area contributed by atoms with Crippen molar-refractivity contribution in [3.8, 4) is 11.5 Å². The molecule has 2 aromatic rings. The summed E-state index contributed by atoms with van der Waals surface area (Å²) in [4.78, 5) is 14.2. The van der Waals surface area contributed by atoms with Gasteiger partial charge in [0.1, 0.15) is 11.5 Å². The van der Waals surface area contributed by atoms with Crippen LogP contribution in [0.25, 0.3) is 0 Å². The van der Waals surface area contributed by atoms with Crippen LogP contribution < -0.4 is 9.47 Å². The monoisotopic (exact) mass is 319 g/mol. The lowest BCUT2D eigenvalue weighted by Crippen LogP contribution is -2.26. The Morgan fingerprint density at radius 1 is 1.14 bits per heavy atom. The summed E-state index contributed by atoms with van der Waals surface area (Å²) < 4.78 is 10.4. The molecule has 1 amide bonds. The van der Waals surface area contributed by atoms with E-state index in [2.05, 4.69) is 0 Å². The first-order valence-electron chi connectivity index (χ1n) is 6.77. The standard InChI is InChI=1S/C17H18ClNO3/c1-19(11-12-6-4-5-7-15(12)18)17(20)14-9-8-13(21-2)10-16(14)22-3/h4-10H,11H2,1-3H3. The van der Waals surface area contributed by atoms with E-state index in [1.165, 1.54) is 7.11 Å². The molecule has 0 atom stereocenters. The highest BCUT2D eigenvalue weighted by molar-refractivity contribution is 6.31. The molecule has 0 bridgehead atoms. The molecule has 0 fully saturated rings. The molecule has 0 heterocycles. The second-order valence-electron chi connectivity index (χ2n) is 4.82. The molecule has 0 aliphatic rings. The first kappa shape index (κ1) is 16.2. The van der Waals surface area contributed by atoms with E-state index < -0.39 is 0 Å². The van der Waals surface area contributed by atoms with Gasteiger partial charge in [-0.1, -0.05) is 29.8 Å². The van der Waals surface area contributed by atoms with Crippen LogP contribution in [0.2, 0.25) is 5.02 Å². The zero-order valence-electron chi connectivity index (χ0n) is 12.8. The number of carbonyl (C=O) groups is 1. The Balaban J connectivity index is 2.22. The zero-order valence-corrected chi connectivity index (χ0v) is 13.6. The van der Waals surface area contributed by atoms with E-state index in [-0.39, 0.29) is 5.91 Å². The maximum atomic E-state index is 12.6. The van der Waals surface area contributed by atoms with Crippen LogP contribution in [0.5, 0.6) is 11.5 Å². The number of methoxy groups -OCH3 is 2. The van der Waals surface area contributed by atoms with Crippen molar-refractivity contribution >= 4 is 17.5 Å². The molecule has 0 saturated heterocycles. The first-order chi connectivity index (χ1) is 10.6. The third-order valence-electron chi connectivity index (χ3n) is 3.35. The number of amides is 1. The molecule has 0 saturated carbocycles. The highest BCUT2D eigenvalue weighted by Crippen LogP contribution is 2.26. The van der Waals surface area contributed by atoms with Gasteiger partial charge in [0.25, 0.3) is 5.91 Å². The Kier molecular flexibility index (Phi) is 5.28. The Bertz CT molecular complexity index is 673. The van der Waals surface area contributed by atoms with Crippen molar-refractivity contribution in [3.05, 3.63) is 58.6 Å². The summed E-state index contributed by atoms with van der Waals surface area (Å²) in [6.07, 6.45) is 0. The molecule has 0 aromatic heterocycles. The van der Waals surface area contributed by atoms with Crippen LogP contribution in [0, 0.1) is 0 Å². The van der Waals surface area contributed by atoms with Crippen molar-refractivity contribution in [1.29, 1.82) is 0 Å². The summed E-state index contributed by atoms with van der Waals surface area (Å²) in [5.74, 6) is 0.983. The molecule has 2 aromatic carbocycles. The summed E-state index contributed by atoms with van der Waals surface area (Å²) in [7, 11) is 4.83. The maximum Gasteiger partial charge on any atom is 0.257 e. The van der Waals surface area contributed by atoms with E-state index in [1.807, 2.05) is 24.3 Å². The fraction of sp³-hybridized carbons (Fsp3) is 0.235. The summed E-state index contributed by atoms with van der Waals surface area (Å²) >= 11 is 6.14. The van der Waals surface area contributed by atoms with E-state index in [9.17, 15) is 4.79 Å². The summed E-state index contributed by atoms with van der Waals surface area (Å²) in [6.45, 7) is 0.424. The molecule has 0 unspecified atom stereocenters. The van der Waals surface area contributed by atoms with Gasteiger partial charge in [-0.15, -0.1) is 0 Å². The smallest absolute Gasteiger partial charge is 0.257 e. The SMILES string of the molecule is COc1ccc(C(=O)N(C)Cc2ccccc2Cl)c(OC)c1. The highest BCUT2D eigenvalue weighted by Gasteiger charge is 2.18. The van der Waals surface area contributed by atoms with Gasteiger partial charge in [-0.05, 0) is 23.8 Å². The molecule has 0 radical (unpaired) electrons. The number of hydrogen-bond acceptors (Lipinski definition) is 3. The predicted octanol–water partition coefficient (Wildman–Crippen LogP) is 3.63. The van der Waals surface area contributed by atoms with Crippen LogP contribution in [0.3, 0.4) is 0 Å². The number of carbonyl (C=O) groups excluding carboxylic acids is 1. The maximum absolute atomic E-state index is 12.6. The Labute approximate surface area is 135 Å². The number of halogens is 1. The minimum absolute atomic E-state index is 0.139. The number of nitrogens with zero attached hydrogens (tertiary/aromatic N) is 1. The van der Waals surface area contributed by atoms with Gasteiger partial charge >= 0.3 is 0 Å². The quantitative estimate of drug-likeness (QED) is 0.844. The minimum Gasteiger partial charge on any atom is -0.497 e. The first-order valence-corrected chi connectivity index (χ1v) is 7.15. The van der Waals surface area contributed by atoms with E-state index in [4.69, 9.17) is 21.1 Å². The average molecular weight is 320 g/mol. The van der Waals surface area contributed by atoms with Crippen molar-refractivity contribution in [2.75, 3.05) is 21.3 Å². The second-order valence-corrected chi connectivity index (χ2v) is 5.23. The fourth-order valence-corrected chi connectivity index (χ4v) is 2.33. The van der Waals surface area contributed by atoms with Crippen LogP contribution >= 0.6 is 11.6 Å². The second kappa shape index (κ2) is 7.18. The summed E-state index contributed by atoms with van der Waals surface area (Å²) in [5.41, 5.74) is 1.38. The molecular formula is C17H18ClNO3. The lowest BCUT2D eigenvalue weighted by atomic mass is 10.1. The minimum atomic E-state index is -0.139. The van der Waals surface area contributed by atoms with Gasteiger partial charge in [0, 0.05) is 24.7 Å². The van der Waals surface area contributed by atoms with E-state index in [0.717, 1.165) is 5.56 Å². The number of hydrogen-bond donors (Lipinski definition) is 0. The highest BCUT2D eigenvalue weighted by atomic mass is 35.5. The van der Waals surface area contributed by atoms with Gasteiger partial charge in [0.05, 0.1) is 19.8 Å². The molecule has 22 heavy (non-hydrogen) atoms. The Morgan fingerprint density at radius 3 is 2.50 bits per heavy atom. The molecule has 2 rings (SSSR count). The van der Waals surface area contributed by atoms with Crippen molar-refractivity contribution in [2.24, 2.45) is 0 Å². The van der Waals surface area contributed by atoms with Gasteiger partial charge in [-0.2, -0.15) is 0 Å². The lowest BCUT2D eigenvalue weighted by molar-refractivity contribution is 0.0781. The molecule has 116 valence electrons. The Hall–Kier alpha value is -2.20. The third kappa shape index (κ3) is 3.52. The van der Waals surface area contributed by atoms with Gasteiger partial charge < -0.3 is 14.4 Å². The van der Waals surface area contributed by atoms with Crippen molar-refractivity contribution in [2.45, 2.75) is 6.54 Å². The molecule has 5 heteroatoms. The van der Waals surface area contributed by atoms with Gasteiger partial charge in [0.2, 0.25) is 0 Å². The molecular weight excluding hydrogens is 302 g/mol. The summed E-state index contributed by atoms with van der Waals surface area (Å²) in [5, 5.41) is 0.642. The van der Waals surface area contributed by atoms with E-state index >= 15 is 0 Å².